The molecular weight excluding hydrogens is 338 g/mol. The van der Waals surface area contributed by atoms with E-state index in [0.717, 1.165) is 36.8 Å². The molecule has 6 heteroatoms. The van der Waals surface area contributed by atoms with Gasteiger partial charge in [0.1, 0.15) is 5.75 Å². The van der Waals surface area contributed by atoms with Crippen molar-refractivity contribution in [2.24, 2.45) is 5.92 Å². The number of benzene rings is 1. The highest BCUT2D eigenvalue weighted by molar-refractivity contribution is 5.96. The summed E-state index contributed by atoms with van der Waals surface area (Å²) in [6, 6.07) is 5.70. The topological polar surface area (TPSA) is 53.6 Å². The number of carbonyl (C=O) groups is 1. The minimum Gasteiger partial charge on any atom is -0.495 e. The molecule has 0 bridgehead atoms. The zero-order valence-corrected chi connectivity index (χ0v) is 16.6. The van der Waals surface area contributed by atoms with Gasteiger partial charge in [-0.3, -0.25) is 9.69 Å². The molecule has 1 heterocycles. The summed E-state index contributed by atoms with van der Waals surface area (Å²) in [7, 11) is 3.63. The van der Waals surface area contributed by atoms with E-state index in [1.807, 2.05) is 39.1 Å². The number of ether oxygens (including phenoxy) is 1. The number of methoxy groups -OCH3 is 1. The van der Waals surface area contributed by atoms with Crippen molar-refractivity contribution in [1.29, 1.82) is 0 Å². The quantitative estimate of drug-likeness (QED) is 0.775. The second kappa shape index (κ2) is 10.6. The minimum atomic E-state index is -0.125. The Morgan fingerprint density at radius 2 is 2.04 bits per heavy atom. The molecule has 1 aromatic carbocycles. The summed E-state index contributed by atoms with van der Waals surface area (Å²) >= 11 is 0. The lowest BCUT2D eigenvalue weighted by molar-refractivity contribution is -0.121. The van der Waals surface area contributed by atoms with Gasteiger partial charge >= 0.3 is 0 Å². The van der Waals surface area contributed by atoms with Crippen molar-refractivity contribution in [3.63, 3.8) is 0 Å². The number of nitrogens with zero attached hydrogens (tertiary/aromatic N) is 1. The number of rotatable bonds is 7. The van der Waals surface area contributed by atoms with Crippen LogP contribution in [0.1, 0.15) is 31.7 Å². The monoisotopic (exact) mass is 369 g/mol. The maximum Gasteiger partial charge on any atom is 0.241 e. The van der Waals surface area contributed by atoms with Gasteiger partial charge in [-0.15, -0.1) is 12.4 Å². The second-order valence-electron chi connectivity index (χ2n) is 6.74. The van der Waals surface area contributed by atoms with Crippen LogP contribution in [0, 0.1) is 12.8 Å². The number of hydrogen-bond acceptors (Lipinski definition) is 4. The number of likely N-dealkylation sites (tertiary alicyclic amines) is 1. The Morgan fingerprint density at radius 3 is 2.64 bits per heavy atom. The molecule has 2 rings (SSSR count). The van der Waals surface area contributed by atoms with Crippen LogP contribution in [0.2, 0.25) is 0 Å². The van der Waals surface area contributed by atoms with Crippen LogP contribution in [0.4, 0.5) is 5.69 Å². The normalized spacial score (nSPS) is 16.8. The molecule has 1 aromatic rings. The molecule has 25 heavy (non-hydrogen) atoms. The fourth-order valence-electron chi connectivity index (χ4n) is 3.30. The first-order valence-electron chi connectivity index (χ1n) is 8.89. The van der Waals surface area contributed by atoms with Gasteiger partial charge in [-0.25, -0.2) is 0 Å². The van der Waals surface area contributed by atoms with Crippen molar-refractivity contribution in [2.75, 3.05) is 39.1 Å². The summed E-state index contributed by atoms with van der Waals surface area (Å²) in [6.45, 7) is 7.07. The van der Waals surface area contributed by atoms with Crippen LogP contribution >= 0.6 is 12.4 Å². The average Bonchev–Trinajstić information content (AvgIpc) is 2.60. The van der Waals surface area contributed by atoms with Crippen molar-refractivity contribution < 1.29 is 9.53 Å². The molecule has 1 amide bonds. The summed E-state index contributed by atoms with van der Waals surface area (Å²) in [5, 5.41) is 6.25. The van der Waals surface area contributed by atoms with Crippen LogP contribution in [0.25, 0.3) is 0 Å². The third-order valence-electron chi connectivity index (χ3n) is 4.99. The summed E-state index contributed by atoms with van der Waals surface area (Å²) in [5.41, 5.74) is 1.85. The number of carbonyl (C=O) groups excluding carboxylic acids is 1. The first-order valence-corrected chi connectivity index (χ1v) is 8.89. The van der Waals surface area contributed by atoms with E-state index in [2.05, 4.69) is 15.5 Å². The Bertz CT molecular complexity index is 545. The Morgan fingerprint density at radius 1 is 1.36 bits per heavy atom. The maximum absolute atomic E-state index is 12.6. The fraction of sp³-hybridized carbons (Fsp3) is 0.632. The largest absolute Gasteiger partial charge is 0.495 e. The molecule has 2 N–H and O–H groups in total. The van der Waals surface area contributed by atoms with E-state index >= 15 is 0 Å². The molecule has 1 unspecified atom stereocenters. The van der Waals surface area contributed by atoms with Gasteiger partial charge in [0.2, 0.25) is 5.91 Å². The number of halogens is 1. The van der Waals surface area contributed by atoms with Gasteiger partial charge in [-0.2, -0.15) is 0 Å². The molecule has 1 atom stereocenters. The van der Waals surface area contributed by atoms with E-state index in [9.17, 15) is 4.79 Å². The molecule has 142 valence electrons. The van der Waals surface area contributed by atoms with Crippen LogP contribution in [0.15, 0.2) is 18.2 Å². The Balaban J connectivity index is 0.00000312. The summed E-state index contributed by atoms with van der Waals surface area (Å²) in [5.74, 6) is 1.51. The summed E-state index contributed by atoms with van der Waals surface area (Å²) in [4.78, 5) is 14.9. The Labute approximate surface area is 157 Å². The third kappa shape index (κ3) is 6.17. The van der Waals surface area contributed by atoms with Crippen LogP contribution in [-0.2, 0) is 4.79 Å². The Kier molecular flexibility index (Phi) is 9.25. The number of anilines is 1. The van der Waals surface area contributed by atoms with Gasteiger partial charge in [-0.05, 0) is 83.4 Å². The smallest absolute Gasteiger partial charge is 0.241 e. The maximum atomic E-state index is 12.6. The van der Waals surface area contributed by atoms with Gasteiger partial charge < -0.3 is 15.4 Å². The van der Waals surface area contributed by atoms with Gasteiger partial charge in [0.05, 0.1) is 18.8 Å². The second-order valence-corrected chi connectivity index (χ2v) is 6.74. The number of hydrogen-bond donors (Lipinski definition) is 2. The van der Waals surface area contributed by atoms with Crippen molar-refractivity contribution in [2.45, 2.75) is 39.2 Å². The van der Waals surface area contributed by atoms with Crippen LogP contribution in [-0.4, -0.2) is 50.6 Å². The molecule has 1 saturated heterocycles. The molecular formula is C19H32ClN3O2. The highest BCUT2D eigenvalue weighted by atomic mass is 35.5. The van der Waals surface area contributed by atoms with E-state index in [1.165, 1.54) is 19.3 Å². The SMILES string of the molecule is CNCCC1CCN(C(C)C(=O)Nc2cc(C)ccc2OC)CC1.Cl. The van der Waals surface area contributed by atoms with E-state index in [-0.39, 0.29) is 24.4 Å². The molecule has 0 aliphatic carbocycles. The first kappa shape index (κ1) is 21.7. The number of amides is 1. The van der Waals surface area contributed by atoms with Gasteiger partial charge in [0.15, 0.2) is 0 Å². The highest BCUT2D eigenvalue weighted by Gasteiger charge is 2.26. The molecule has 5 nitrogen and oxygen atoms in total. The predicted octanol–water partition coefficient (Wildman–Crippen LogP) is 3.07. The van der Waals surface area contributed by atoms with E-state index in [0.29, 0.717) is 5.75 Å². The van der Waals surface area contributed by atoms with Gasteiger partial charge in [-0.1, -0.05) is 6.07 Å². The lowest BCUT2D eigenvalue weighted by Gasteiger charge is -2.35. The van der Waals surface area contributed by atoms with E-state index in [1.54, 1.807) is 7.11 Å². The van der Waals surface area contributed by atoms with Crippen molar-refractivity contribution in [1.82, 2.24) is 10.2 Å². The van der Waals surface area contributed by atoms with Crippen molar-refractivity contribution >= 4 is 24.0 Å². The number of piperidine rings is 1. The molecule has 0 saturated carbocycles. The van der Waals surface area contributed by atoms with Gasteiger partial charge in [0, 0.05) is 0 Å². The lowest BCUT2D eigenvalue weighted by Crippen LogP contribution is -2.46. The van der Waals surface area contributed by atoms with E-state index < -0.39 is 0 Å². The highest BCUT2D eigenvalue weighted by Crippen LogP contribution is 2.26. The predicted molar refractivity (Wildman–Crippen MR) is 106 cm³/mol. The molecule has 0 spiro atoms. The molecule has 1 fully saturated rings. The summed E-state index contributed by atoms with van der Waals surface area (Å²) in [6.07, 6.45) is 3.57. The van der Waals surface area contributed by atoms with Crippen LogP contribution in [0.5, 0.6) is 5.75 Å². The van der Waals surface area contributed by atoms with Crippen LogP contribution in [0.3, 0.4) is 0 Å². The van der Waals surface area contributed by atoms with Crippen molar-refractivity contribution in [3.05, 3.63) is 23.8 Å². The van der Waals surface area contributed by atoms with Crippen molar-refractivity contribution in [3.8, 4) is 5.75 Å². The average molecular weight is 370 g/mol. The molecule has 1 aliphatic heterocycles. The van der Waals surface area contributed by atoms with Crippen LogP contribution < -0.4 is 15.4 Å². The zero-order chi connectivity index (χ0) is 17.5. The fourth-order valence-corrected chi connectivity index (χ4v) is 3.30. The van der Waals surface area contributed by atoms with Gasteiger partial charge in [0.25, 0.3) is 0 Å². The number of nitrogens with one attached hydrogen (secondary N) is 2. The number of aryl methyl sites for hydroxylation is 1. The molecule has 1 aliphatic rings. The van der Waals surface area contributed by atoms with E-state index in [4.69, 9.17) is 4.74 Å². The Hall–Kier alpha value is -1.30. The zero-order valence-electron chi connectivity index (χ0n) is 15.8. The minimum absolute atomic E-state index is 0. The molecule has 0 aromatic heterocycles. The third-order valence-corrected chi connectivity index (χ3v) is 4.99. The first-order chi connectivity index (χ1) is 11.5. The molecule has 0 radical (unpaired) electrons. The summed E-state index contributed by atoms with van der Waals surface area (Å²) < 4.78 is 5.34. The standard InChI is InChI=1S/C19H31N3O2.ClH/c1-14-5-6-18(24-4)17(13-14)21-19(23)15(2)22-11-8-16(9-12-22)7-10-20-3;/h5-6,13,15-16,20H,7-12H2,1-4H3,(H,21,23);1H. The lowest BCUT2D eigenvalue weighted by atomic mass is 9.93.